The van der Waals surface area contributed by atoms with Gasteiger partial charge in [0.15, 0.2) is 0 Å². The van der Waals surface area contributed by atoms with Crippen molar-refractivity contribution in [1.29, 1.82) is 0 Å². The molecule has 1 aliphatic carbocycles. The molecule has 0 saturated carbocycles. The van der Waals surface area contributed by atoms with Crippen LogP contribution in [0.25, 0.3) is 0 Å². The summed E-state index contributed by atoms with van der Waals surface area (Å²) in [6, 6.07) is 7.02. The average molecular weight is 274 g/mol. The molecule has 0 spiro atoms. The standard InChI is InChI=1S/C19H30O/c1-17(2,11-12-20)14-7-8-15-16(13-14)19(5,6)10-9-18(15,3)4/h7-8,13,20H,9-12H2,1-6H3. The van der Waals surface area contributed by atoms with E-state index in [0.29, 0.717) is 0 Å². The molecule has 0 saturated heterocycles. The highest BCUT2D eigenvalue weighted by Crippen LogP contribution is 2.46. The molecular formula is C19H30O. The molecule has 0 heterocycles. The lowest BCUT2D eigenvalue weighted by Gasteiger charge is -2.42. The predicted octanol–water partition coefficient (Wildman–Crippen LogP) is 4.70. The minimum Gasteiger partial charge on any atom is -0.396 e. The fourth-order valence-corrected chi connectivity index (χ4v) is 3.43. The zero-order valence-corrected chi connectivity index (χ0v) is 14.0. The second kappa shape index (κ2) is 4.87. The van der Waals surface area contributed by atoms with Gasteiger partial charge in [-0.2, -0.15) is 0 Å². The van der Waals surface area contributed by atoms with Crippen LogP contribution in [0.4, 0.5) is 0 Å². The van der Waals surface area contributed by atoms with Gasteiger partial charge in [0.2, 0.25) is 0 Å². The Labute approximate surface area is 124 Å². The van der Waals surface area contributed by atoms with Crippen molar-refractivity contribution in [2.75, 3.05) is 6.61 Å². The summed E-state index contributed by atoms with van der Waals surface area (Å²) in [5, 5.41) is 9.29. The quantitative estimate of drug-likeness (QED) is 0.847. The molecule has 0 fully saturated rings. The summed E-state index contributed by atoms with van der Waals surface area (Å²) >= 11 is 0. The number of rotatable bonds is 3. The minimum absolute atomic E-state index is 0.0431. The fourth-order valence-electron chi connectivity index (χ4n) is 3.43. The Morgan fingerprint density at radius 3 is 2.10 bits per heavy atom. The summed E-state index contributed by atoms with van der Waals surface area (Å²) in [7, 11) is 0. The molecule has 0 aliphatic heterocycles. The van der Waals surface area contributed by atoms with Gasteiger partial charge in [-0.15, -0.1) is 0 Å². The van der Waals surface area contributed by atoms with Crippen molar-refractivity contribution < 1.29 is 5.11 Å². The normalized spacial score (nSPS) is 20.6. The van der Waals surface area contributed by atoms with Gasteiger partial charge in [0.1, 0.15) is 0 Å². The van der Waals surface area contributed by atoms with E-state index in [0.717, 1.165) is 6.42 Å². The van der Waals surface area contributed by atoms with Crippen molar-refractivity contribution in [1.82, 2.24) is 0 Å². The average Bonchev–Trinajstić information content (AvgIpc) is 2.35. The van der Waals surface area contributed by atoms with Gasteiger partial charge < -0.3 is 5.11 Å². The van der Waals surface area contributed by atoms with E-state index in [9.17, 15) is 5.11 Å². The van der Waals surface area contributed by atoms with E-state index in [-0.39, 0.29) is 22.9 Å². The highest BCUT2D eigenvalue weighted by Gasteiger charge is 2.37. The van der Waals surface area contributed by atoms with E-state index in [4.69, 9.17) is 0 Å². The molecule has 112 valence electrons. The van der Waals surface area contributed by atoms with Crippen LogP contribution >= 0.6 is 0 Å². The number of benzene rings is 1. The smallest absolute Gasteiger partial charge is 0.0439 e. The van der Waals surface area contributed by atoms with Crippen LogP contribution in [0.3, 0.4) is 0 Å². The van der Waals surface area contributed by atoms with Crippen LogP contribution in [0, 0.1) is 0 Å². The maximum atomic E-state index is 9.29. The van der Waals surface area contributed by atoms with Gasteiger partial charge in [-0.3, -0.25) is 0 Å². The SMILES string of the molecule is CC(C)(CCO)c1ccc2c(c1)C(C)(C)CCC2(C)C. The first-order valence-corrected chi connectivity index (χ1v) is 7.86. The zero-order chi connectivity index (χ0) is 15.2. The van der Waals surface area contributed by atoms with Gasteiger partial charge in [0, 0.05) is 6.61 Å². The van der Waals surface area contributed by atoms with Gasteiger partial charge in [-0.25, -0.2) is 0 Å². The molecule has 1 N–H and O–H groups in total. The Morgan fingerprint density at radius 2 is 1.55 bits per heavy atom. The molecule has 0 unspecified atom stereocenters. The van der Waals surface area contributed by atoms with Crippen LogP contribution in [-0.2, 0) is 16.2 Å². The number of aliphatic hydroxyl groups is 1. The highest BCUT2D eigenvalue weighted by atomic mass is 16.3. The Morgan fingerprint density at radius 1 is 1.00 bits per heavy atom. The lowest BCUT2D eigenvalue weighted by atomic mass is 9.62. The Bertz CT molecular complexity index is 494. The predicted molar refractivity (Wildman–Crippen MR) is 86.5 cm³/mol. The van der Waals surface area contributed by atoms with Gasteiger partial charge in [0.05, 0.1) is 0 Å². The summed E-state index contributed by atoms with van der Waals surface area (Å²) in [4.78, 5) is 0. The summed E-state index contributed by atoms with van der Waals surface area (Å²) < 4.78 is 0. The monoisotopic (exact) mass is 274 g/mol. The maximum Gasteiger partial charge on any atom is 0.0439 e. The lowest BCUT2D eigenvalue weighted by Crippen LogP contribution is -2.34. The second-order valence-corrected chi connectivity index (χ2v) is 8.39. The molecule has 0 atom stereocenters. The molecule has 1 heteroatoms. The third-order valence-corrected chi connectivity index (χ3v) is 5.37. The van der Waals surface area contributed by atoms with Crippen LogP contribution in [0.1, 0.15) is 77.5 Å². The van der Waals surface area contributed by atoms with Crippen LogP contribution in [-0.4, -0.2) is 11.7 Å². The summed E-state index contributed by atoms with van der Waals surface area (Å²) in [5.41, 5.74) is 4.97. The molecular weight excluding hydrogens is 244 g/mol. The molecule has 0 bridgehead atoms. The van der Waals surface area contributed by atoms with Gasteiger partial charge >= 0.3 is 0 Å². The second-order valence-electron chi connectivity index (χ2n) is 8.39. The highest BCUT2D eigenvalue weighted by molar-refractivity contribution is 5.45. The van der Waals surface area contributed by atoms with E-state index in [1.807, 2.05) is 0 Å². The number of hydrogen-bond acceptors (Lipinski definition) is 1. The van der Waals surface area contributed by atoms with Crippen molar-refractivity contribution >= 4 is 0 Å². The molecule has 1 nitrogen and oxygen atoms in total. The lowest BCUT2D eigenvalue weighted by molar-refractivity contribution is 0.252. The maximum absolute atomic E-state index is 9.29. The number of hydrogen-bond donors (Lipinski definition) is 1. The van der Waals surface area contributed by atoms with Gasteiger partial charge in [-0.05, 0) is 52.2 Å². The molecule has 0 amide bonds. The first-order chi connectivity index (χ1) is 9.10. The molecule has 1 aliphatic rings. The Hall–Kier alpha value is -0.820. The van der Waals surface area contributed by atoms with Gasteiger partial charge in [-0.1, -0.05) is 59.7 Å². The van der Waals surface area contributed by atoms with Crippen molar-refractivity contribution in [2.24, 2.45) is 0 Å². The molecule has 2 rings (SSSR count). The third-order valence-electron chi connectivity index (χ3n) is 5.37. The zero-order valence-electron chi connectivity index (χ0n) is 14.0. The first-order valence-electron chi connectivity index (χ1n) is 7.86. The van der Waals surface area contributed by atoms with Crippen molar-refractivity contribution in [3.8, 4) is 0 Å². The largest absolute Gasteiger partial charge is 0.396 e. The third kappa shape index (κ3) is 2.65. The summed E-state index contributed by atoms with van der Waals surface area (Å²) in [6.45, 7) is 14.2. The number of fused-ring (bicyclic) bond motifs is 1. The van der Waals surface area contributed by atoms with E-state index in [1.54, 1.807) is 0 Å². The van der Waals surface area contributed by atoms with Crippen LogP contribution in [0.2, 0.25) is 0 Å². The van der Waals surface area contributed by atoms with Crippen molar-refractivity contribution in [3.05, 3.63) is 34.9 Å². The Balaban J connectivity index is 2.54. The molecule has 20 heavy (non-hydrogen) atoms. The molecule has 1 aromatic rings. The van der Waals surface area contributed by atoms with E-state index in [1.165, 1.54) is 29.5 Å². The van der Waals surface area contributed by atoms with Crippen LogP contribution in [0.15, 0.2) is 18.2 Å². The van der Waals surface area contributed by atoms with Gasteiger partial charge in [0.25, 0.3) is 0 Å². The summed E-state index contributed by atoms with van der Waals surface area (Å²) in [5.74, 6) is 0. The van der Waals surface area contributed by atoms with Crippen molar-refractivity contribution in [3.63, 3.8) is 0 Å². The van der Waals surface area contributed by atoms with E-state index >= 15 is 0 Å². The number of aliphatic hydroxyl groups excluding tert-OH is 1. The topological polar surface area (TPSA) is 20.2 Å². The fraction of sp³-hybridized carbons (Fsp3) is 0.684. The first kappa shape index (κ1) is 15.6. The van der Waals surface area contributed by atoms with E-state index < -0.39 is 0 Å². The molecule has 0 aromatic heterocycles. The Kier molecular flexibility index (Phi) is 3.79. The van der Waals surface area contributed by atoms with Crippen LogP contribution in [0.5, 0.6) is 0 Å². The summed E-state index contributed by atoms with van der Waals surface area (Å²) in [6.07, 6.45) is 3.32. The minimum atomic E-state index is 0.0431. The molecule has 0 radical (unpaired) electrons. The van der Waals surface area contributed by atoms with E-state index in [2.05, 4.69) is 59.7 Å². The molecule has 1 aromatic carbocycles. The van der Waals surface area contributed by atoms with Crippen LogP contribution < -0.4 is 0 Å². The van der Waals surface area contributed by atoms with Crippen molar-refractivity contribution in [2.45, 2.75) is 77.0 Å².